The molecule has 1 atom stereocenters. The number of carbonyl (C=O) groups is 1. The van der Waals surface area contributed by atoms with E-state index < -0.39 is 16.8 Å². The van der Waals surface area contributed by atoms with E-state index in [4.69, 9.17) is 9.84 Å². The zero-order valence-corrected chi connectivity index (χ0v) is 8.62. The zero-order chi connectivity index (χ0) is 12.1. The van der Waals surface area contributed by atoms with Crippen LogP contribution in [0.15, 0.2) is 24.3 Å². The number of nitro groups is 1. The fourth-order valence-electron chi connectivity index (χ4n) is 0.979. The molecule has 0 heterocycles. The molecule has 0 aromatic heterocycles. The minimum atomic E-state index is -0.967. The number of carboxylic acids is 1. The lowest BCUT2D eigenvalue weighted by Gasteiger charge is -2.08. The Morgan fingerprint density at radius 3 is 2.88 bits per heavy atom. The Bertz CT molecular complexity index is 404. The largest absolute Gasteiger partial charge is 0.492 e. The molecule has 0 aliphatic rings. The van der Waals surface area contributed by atoms with Gasteiger partial charge in [-0.1, -0.05) is 6.07 Å². The minimum absolute atomic E-state index is 0.0174. The first-order valence-electron chi connectivity index (χ1n) is 4.60. The Kier molecular flexibility index (Phi) is 3.82. The number of nitro benzene ring substituents is 1. The van der Waals surface area contributed by atoms with Crippen LogP contribution >= 0.6 is 0 Å². The molecule has 1 unspecified atom stereocenters. The van der Waals surface area contributed by atoms with Crippen molar-refractivity contribution < 1.29 is 19.6 Å². The van der Waals surface area contributed by atoms with Crippen LogP contribution in [0.4, 0.5) is 5.69 Å². The van der Waals surface area contributed by atoms with Crippen LogP contribution in [0.3, 0.4) is 0 Å². The number of aliphatic carboxylic acids is 1. The Balaban J connectivity index is 2.64. The van der Waals surface area contributed by atoms with Gasteiger partial charge < -0.3 is 9.84 Å². The summed E-state index contributed by atoms with van der Waals surface area (Å²) in [4.78, 5) is 20.4. The summed E-state index contributed by atoms with van der Waals surface area (Å²) in [7, 11) is 0. The van der Waals surface area contributed by atoms with E-state index in [1.807, 2.05) is 0 Å². The summed E-state index contributed by atoms with van der Waals surface area (Å²) in [5, 5.41) is 19.1. The molecule has 0 spiro atoms. The maximum absolute atomic E-state index is 10.5. The second-order valence-corrected chi connectivity index (χ2v) is 3.30. The monoisotopic (exact) mass is 225 g/mol. The number of non-ortho nitro benzene ring substituents is 1. The van der Waals surface area contributed by atoms with Crippen molar-refractivity contribution in [3.63, 3.8) is 0 Å². The molecule has 0 saturated heterocycles. The summed E-state index contributed by atoms with van der Waals surface area (Å²) in [5.74, 6) is -1.33. The van der Waals surface area contributed by atoms with Crippen molar-refractivity contribution in [2.24, 2.45) is 5.92 Å². The molecule has 6 nitrogen and oxygen atoms in total. The van der Waals surface area contributed by atoms with E-state index in [0.29, 0.717) is 5.75 Å². The third-order valence-corrected chi connectivity index (χ3v) is 1.95. The Labute approximate surface area is 91.6 Å². The van der Waals surface area contributed by atoms with E-state index in [9.17, 15) is 14.9 Å². The molecule has 1 N–H and O–H groups in total. The van der Waals surface area contributed by atoms with Crippen molar-refractivity contribution in [1.82, 2.24) is 0 Å². The number of hydrogen-bond donors (Lipinski definition) is 1. The number of benzene rings is 1. The predicted octanol–water partition coefficient (Wildman–Crippen LogP) is 1.69. The van der Waals surface area contributed by atoms with Crippen LogP contribution in [0.1, 0.15) is 6.92 Å². The van der Waals surface area contributed by atoms with Gasteiger partial charge in [0.1, 0.15) is 12.4 Å². The van der Waals surface area contributed by atoms with E-state index >= 15 is 0 Å². The predicted molar refractivity (Wildman–Crippen MR) is 55.4 cm³/mol. The van der Waals surface area contributed by atoms with Crippen molar-refractivity contribution in [3.8, 4) is 5.75 Å². The SMILES string of the molecule is CC(COc1cccc([N+](=O)[O-])c1)C(=O)O. The first kappa shape index (κ1) is 12.0. The quantitative estimate of drug-likeness (QED) is 0.608. The Morgan fingerprint density at radius 2 is 2.31 bits per heavy atom. The van der Waals surface area contributed by atoms with Gasteiger partial charge in [-0.3, -0.25) is 14.9 Å². The number of nitrogens with zero attached hydrogens (tertiary/aromatic N) is 1. The van der Waals surface area contributed by atoms with Crippen LogP contribution in [-0.2, 0) is 4.79 Å². The molecule has 0 amide bonds. The van der Waals surface area contributed by atoms with Crippen molar-refractivity contribution in [2.75, 3.05) is 6.61 Å². The van der Waals surface area contributed by atoms with Crippen molar-refractivity contribution in [1.29, 1.82) is 0 Å². The highest BCUT2D eigenvalue weighted by molar-refractivity contribution is 5.69. The highest BCUT2D eigenvalue weighted by atomic mass is 16.6. The highest BCUT2D eigenvalue weighted by Crippen LogP contribution is 2.19. The normalized spacial score (nSPS) is 11.8. The van der Waals surface area contributed by atoms with Gasteiger partial charge in [-0.25, -0.2) is 0 Å². The molecular formula is C10H11NO5. The van der Waals surface area contributed by atoms with Crippen LogP contribution in [0.25, 0.3) is 0 Å². The smallest absolute Gasteiger partial charge is 0.309 e. The average Bonchev–Trinajstić information content (AvgIpc) is 2.26. The summed E-state index contributed by atoms with van der Waals surface area (Å²) in [6.45, 7) is 1.48. The lowest BCUT2D eigenvalue weighted by Crippen LogP contribution is -2.17. The lowest BCUT2D eigenvalue weighted by atomic mass is 10.2. The molecule has 0 aliphatic carbocycles. The third kappa shape index (κ3) is 3.23. The maximum Gasteiger partial charge on any atom is 0.309 e. The summed E-state index contributed by atoms with van der Waals surface area (Å²) in [5.41, 5.74) is -0.0829. The summed E-state index contributed by atoms with van der Waals surface area (Å²) < 4.78 is 5.13. The summed E-state index contributed by atoms with van der Waals surface area (Å²) in [6.07, 6.45) is 0. The lowest BCUT2D eigenvalue weighted by molar-refractivity contribution is -0.384. The van der Waals surface area contributed by atoms with Crippen LogP contribution in [0, 0.1) is 16.0 Å². The fourth-order valence-corrected chi connectivity index (χ4v) is 0.979. The summed E-state index contributed by atoms with van der Waals surface area (Å²) in [6, 6.07) is 5.63. The fraction of sp³-hybridized carbons (Fsp3) is 0.300. The third-order valence-electron chi connectivity index (χ3n) is 1.95. The summed E-state index contributed by atoms with van der Waals surface area (Å²) >= 11 is 0. The molecule has 6 heteroatoms. The molecule has 0 fully saturated rings. The molecule has 0 bridgehead atoms. The Morgan fingerprint density at radius 1 is 1.62 bits per heavy atom. The van der Waals surface area contributed by atoms with Gasteiger partial charge in [-0.2, -0.15) is 0 Å². The van der Waals surface area contributed by atoms with Gasteiger partial charge in [0.2, 0.25) is 0 Å². The van der Waals surface area contributed by atoms with Gasteiger partial charge in [0.05, 0.1) is 16.9 Å². The molecule has 1 aromatic carbocycles. The molecule has 1 aromatic rings. The number of rotatable bonds is 5. The average molecular weight is 225 g/mol. The molecule has 0 aliphatic heterocycles. The van der Waals surface area contributed by atoms with Crippen molar-refractivity contribution in [2.45, 2.75) is 6.92 Å². The van der Waals surface area contributed by atoms with Gasteiger partial charge in [-0.05, 0) is 13.0 Å². The van der Waals surface area contributed by atoms with E-state index in [1.165, 1.54) is 25.1 Å². The highest BCUT2D eigenvalue weighted by Gasteiger charge is 2.12. The van der Waals surface area contributed by atoms with Gasteiger partial charge in [0, 0.05) is 6.07 Å². The van der Waals surface area contributed by atoms with E-state index in [-0.39, 0.29) is 12.3 Å². The van der Waals surface area contributed by atoms with E-state index in [0.717, 1.165) is 0 Å². The maximum atomic E-state index is 10.5. The second-order valence-electron chi connectivity index (χ2n) is 3.30. The molecule has 0 saturated carbocycles. The van der Waals surface area contributed by atoms with Crippen LogP contribution in [-0.4, -0.2) is 22.6 Å². The molecule has 16 heavy (non-hydrogen) atoms. The van der Waals surface area contributed by atoms with Crippen LogP contribution in [0.5, 0.6) is 5.75 Å². The minimum Gasteiger partial charge on any atom is -0.492 e. The van der Waals surface area contributed by atoms with Gasteiger partial charge in [-0.15, -0.1) is 0 Å². The molecular weight excluding hydrogens is 214 g/mol. The van der Waals surface area contributed by atoms with Crippen molar-refractivity contribution >= 4 is 11.7 Å². The molecule has 0 radical (unpaired) electrons. The van der Waals surface area contributed by atoms with E-state index in [2.05, 4.69) is 0 Å². The first-order valence-corrected chi connectivity index (χ1v) is 4.60. The first-order chi connectivity index (χ1) is 7.50. The van der Waals surface area contributed by atoms with Gasteiger partial charge in [0.15, 0.2) is 0 Å². The number of hydrogen-bond acceptors (Lipinski definition) is 4. The van der Waals surface area contributed by atoms with Crippen LogP contribution in [0.2, 0.25) is 0 Å². The zero-order valence-electron chi connectivity index (χ0n) is 8.62. The number of carboxylic acid groups (broad SMARTS) is 1. The van der Waals surface area contributed by atoms with Crippen LogP contribution < -0.4 is 4.74 Å². The second kappa shape index (κ2) is 5.11. The molecule has 1 rings (SSSR count). The van der Waals surface area contributed by atoms with E-state index in [1.54, 1.807) is 6.07 Å². The standard InChI is InChI=1S/C10H11NO5/c1-7(10(12)13)6-16-9-4-2-3-8(5-9)11(14)15/h2-5,7H,6H2,1H3,(H,12,13). The van der Waals surface area contributed by atoms with Gasteiger partial charge >= 0.3 is 5.97 Å². The Hall–Kier alpha value is -2.11. The number of ether oxygens (including phenoxy) is 1. The molecule has 86 valence electrons. The van der Waals surface area contributed by atoms with Gasteiger partial charge in [0.25, 0.3) is 5.69 Å². The topological polar surface area (TPSA) is 89.7 Å². The van der Waals surface area contributed by atoms with Crippen molar-refractivity contribution in [3.05, 3.63) is 34.4 Å².